The fraction of sp³-hybridized carbons (Fsp3) is 0.250. The van der Waals surface area contributed by atoms with Crippen LogP contribution in [-0.2, 0) is 0 Å². The van der Waals surface area contributed by atoms with Gasteiger partial charge in [-0.25, -0.2) is 4.39 Å². The van der Waals surface area contributed by atoms with Crippen LogP contribution in [0.3, 0.4) is 0 Å². The average molecular weight is 402 g/mol. The fourth-order valence-electron chi connectivity index (χ4n) is 2.05. The standard InChI is InChI=1S/C16H15Br2FO/c1-3-20-15-5-4-11(9-14(15)17)16(18)12-6-10(2)7-13(19)8-12/h4-9,16H,3H2,1-2H3. The first-order chi connectivity index (χ1) is 9.51. The molecule has 2 aromatic rings. The van der Waals surface area contributed by atoms with Crippen LogP contribution >= 0.6 is 31.9 Å². The SMILES string of the molecule is CCOc1ccc(C(Br)c2cc(C)cc(F)c2)cc1Br. The maximum absolute atomic E-state index is 13.5. The maximum Gasteiger partial charge on any atom is 0.133 e. The zero-order valence-corrected chi connectivity index (χ0v) is 14.5. The molecule has 106 valence electrons. The van der Waals surface area contributed by atoms with Crippen molar-refractivity contribution in [3.8, 4) is 5.75 Å². The molecule has 0 heterocycles. The van der Waals surface area contributed by atoms with Gasteiger partial charge in [0, 0.05) is 0 Å². The lowest BCUT2D eigenvalue weighted by Gasteiger charge is -2.14. The van der Waals surface area contributed by atoms with E-state index in [2.05, 4.69) is 31.9 Å². The number of ether oxygens (including phenoxy) is 1. The molecule has 0 aliphatic rings. The predicted octanol–water partition coefficient (Wildman–Crippen LogP) is 5.78. The summed E-state index contributed by atoms with van der Waals surface area (Å²) in [7, 11) is 0. The van der Waals surface area contributed by atoms with Crippen molar-refractivity contribution in [1.82, 2.24) is 0 Å². The monoisotopic (exact) mass is 400 g/mol. The Bertz CT molecular complexity index is 593. The van der Waals surface area contributed by atoms with Crippen LogP contribution in [0.4, 0.5) is 4.39 Å². The van der Waals surface area contributed by atoms with Gasteiger partial charge in [-0.3, -0.25) is 0 Å². The zero-order valence-electron chi connectivity index (χ0n) is 11.3. The van der Waals surface area contributed by atoms with Crippen molar-refractivity contribution in [3.63, 3.8) is 0 Å². The molecule has 1 nitrogen and oxygen atoms in total. The molecule has 0 spiro atoms. The van der Waals surface area contributed by atoms with Gasteiger partial charge in [-0.15, -0.1) is 0 Å². The van der Waals surface area contributed by atoms with Crippen molar-refractivity contribution in [2.45, 2.75) is 18.7 Å². The Morgan fingerprint density at radius 2 is 1.90 bits per heavy atom. The Morgan fingerprint density at radius 1 is 1.15 bits per heavy atom. The minimum absolute atomic E-state index is 0.0520. The minimum Gasteiger partial charge on any atom is -0.493 e. The van der Waals surface area contributed by atoms with Gasteiger partial charge in [0.1, 0.15) is 11.6 Å². The van der Waals surface area contributed by atoms with Crippen LogP contribution in [0, 0.1) is 12.7 Å². The van der Waals surface area contributed by atoms with Crippen molar-refractivity contribution < 1.29 is 9.13 Å². The van der Waals surface area contributed by atoms with E-state index < -0.39 is 0 Å². The van der Waals surface area contributed by atoms with Crippen LogP contribution in [0.25, 0.3) is 0 Å². The van der Waals surface area contributed by atoms with E-state index in [1.165, 1.54) is 6.07 Å². The number of hydrogen-bond donors (Lipinski definition) is 0. The van der Waals surface area contributed by atoms with Crippen LogP contribution in [-0.4, -0.2) is 6.61 Å². The Morgan fingerprint density at radius 3 is 2.50 bits per heavy atom. The molecule has 0 aliphatic carbocycles. The lowest BCUT2D eigenvalue weighted by atomic mass is 10.0. The largest absolute Gasteiger partial charge is 0.493 e. The quantitative estimate of drug-likeness (QED) is 0.590. The molecule has 0 bridgehead atoms. The van der Waals surface area contributed by atoms with Gasteiger partial charge in [0.25, 0.3) is 0 Å². The normalized spacial score (nSPS) is 12.2. The summed E-state index contributed by atoms with van der Waals surface area (Å²) in [6.45, 7) is 4.46. The van der Waals surface area contributed by atoms with Gasteiger partial charge in [0.15, 0.2) is 0 Å². The highest BCUT2D eigenvalue weighted by Crippen LogP contribution is 2.36. The molecule has 0 N–H and O–H groups in total. The minimum atomic E-state index is -0.213. The third-order valence-corrected chi connectivity index (χ3v) is 4.58. The number of hydrogen-bond acceptors (Lipinski definition) is 1. The molecule has 0 saturated heterocycles. The van der Waals surface area contributed by atoms with E-state index in [4.69, 9.17) is 4.74 Å². The first kappa shape index (κ1) is 15.5. The van der Waals surface area contributed by atoms with Crippen molar-refractivity contribution in [1.29, 1.82) is 0 Å². The third-order valence-electron chi connectivity index (χ3n) is 2.91. The van der Waals surface area contributed by atoms with Crippen molar-refractivity contribution in [2.24, 2.45) is 0 Å². The van der Waals surface area contributed by atoms with Crippen LogP contribution in [0.5, 0.6) is 5.75 Å². The van der Waals surface area contributed by atoms with Gasteiger partial charge < -0.3 is 4.74 Å². The van der Waals surface area contributed by atoms with Crippen LogP contribution < -0.4 is 4.74 Å². The molecule has 2 rings (SSSR count). The molecule has 4 heteroatoms. The molecular formula is C16H15Br2FO. The number of rotatable bonds is 4. The summed E-state index contributed by atoms with van der Waals surface area (Å²) in [6.07, 6.45) is 0. The summed E-state index contributed by atoms with van der Waals surface area (Å²) in [5.74, 6) is 0.598. The average Bonchev–Trinajstić information content (AvgIpc) is 2.39. The topological polar surface area (TPSA) is 9.23 Å². The third kappa shape index (κ3) is 3.61. The lowest BCUT2D eigenvalue weighted by Crippen LogP contribution is -1.97. The zero-order chi connectivity index (χ0) is 14.7. The van der Waals surface area contributed by atoms with Crippen LogP contribution in [0.1, 0.15) is 28.4 Å². The van der Waals surface area contributed by atoms with E-state index in [-0.39, 0.29) is 10.6 Å². The first-order valence-electron chi connectivity index (χ1n) is 6.34. The van der Waals surface area contributed by atoms with E-state index in [0.29, 0.717) is 6.61 Å². The second kappa shape index (κ2) is 6.72. The number of halogens is 3. The molecule has 1 atom stereocenters. The second-order valence-corrected chi connectivity index (χ2v) is 6.32. The summed E-state index contributed by atoms with van der Waals surface area (Å²) in [6, 6.07) is 10.9. The molecule has 2 aromatic carbocycles. The molecular weight excluding hydrogens is 387 g/mol. The van der Waals surface area contributed by atoms with Crippen molar-refractivity contribution >= 4 is 31.9 Å². The molecule has 0 aliphatic heterocycles. The van der Waals surface area contributed by atoms with E-state index in [9.17, 15) is 4.39 Å². The highest BCUT2D eigenvalue weighted by Gasteiger charge is 2.13. The summed E-state index contributed by atoms with van der Waals surface area (Å²) >= 11 is 7.13. The molecule has 0 fully saturated rings. The second-order valence-electron chi connectivity index (χ2n) is 4.55. The molecule has 0 saturated carbocycles. The Hall–Kier alpha value is -0.870. The lowest BCUT2D eigenvalue weighted by molar-refractivity contribution is 0.338. The van der Waals surface area contributed by atoms with Gasteiger partial charge in [-0.05, 0) is 70.7 Å². The van der Waals surface area contributed by atoms with Crippen molar-refractivity contribution in [3.05, 3.63) is 63.4 Å². The van der Waals surface area contributed by atoms with Crippen LogP contribution in [0.15, 0.2) is 40.9 Å². The van der Waals surface area contributed by atoms with Gasteiger partial charge in [-0.1, -0.05) is 28.1 Å². The summed E-state index contributed by atoms with van der Waals surface area (Å²) in [5, 5.41) is 0. The predicted molar refractivity (Wildman–Crippen MR) is 87.2 cm³/mol. The summed E-state index contributed by atoms with van der Waals surface area (Å²) in [5.41, 5.74) is 2.86. The maximum atomic E-state index is 13.5. The van der Waals surface area contributed by atoms with Gasteiger partial charge in [0.2, 0.25) is 0 Å². The van der Waals surface area contributed by atoms with E-state index in [1.807, 2.05) is 38.1 Å². The van der Waals surface area contributed by atoms with Gasteiger partial charge in [0.05, 0.1) is 15.9 Å². The molecule has 20 heavy (non-hydrogen) atoms. The molecule has 1 unspecified atom stereocenters. The highest BCUT2D eigenvalue weighted by molar-refractivity contribution is 9.10. The van der Waals surface area contributed by atoms with Gasteiger partial charge in [-0.2, -0.15) is 0 Å². The van der Waals surface area contributed by atoms with Crippen LogP contribution in [0.2, 0.25) is 0 Å². The van der Waals surface area contributed by atoms with Crippen molar-refractivity contribution in [2.75, 3.05) is 6.61 Å². The Kier molecular flexibility index (Phi) is 5.22. The molecule has 0 radical (unpaired) electrons. The van der Waals surface area contributed by atoms with E-state index >= 15 is 0 Å². The Labute approximate surface area is 135 Å². The fourth-order valence-corrected chi connectivity index (χ4v) is 3.11. The number of benzene rings is 2. The smallest absolute Gasteiger partial charge is 0.133 e. The first-order valence-corrected chi connectivity index (χ1v) is 8.05. The summed E-state index contributed by atoms with van der Waals surface area (Å²) < 4.78 is 19.9. The molecule has 0 aromatic heterocycles. The number of alkyl halides is 1. The number of aryl methyl sites for hydroxylation is 1. The van der Waals surface area contributed by atoms with E-state index in [1.54, 1.807) is 6.07 Å². The molecule has 0 amide bonds. The van der Waals surface area contributed by atoms with Gasteiger partial charge >= 0.3 is 0 Å². The summed E-state index contributed by atoms with van der Waals surface area (Å²) in [4.78, 5) is -0.0520. The highest BCUT2D eigenvalue weighted by atomic mass is 79.9. The Balaban J connectivity index is 2.33. The van der Waals surface area contributed by atoms with E-state index in [0.717, 1.165) is 26.9 Å².